The number of nitrogens with two attached hydrogens (primary N) is 1. The molecule has 0 saturated heterocycles. The first kappa shape index (κ1) is 14.1. The lowest BCUT2D eigenvalue weighted by molar-refractivity contribution is 0.549. The number of rotatable bonds is 4. The first-order valence-electron chi connectivity index (χ1n) is 6.38. The maximum atomic E-state index is 6.02. The van der Waals surface area contributed by atoms with Gasteiger partial charge >= 0.3 is 0 Å². The van der Waals surface area contributed by atoms with Crippen molar-refractivity contribution in [1.82, 2.24) is 5.43 Å². The molecule has 0 aliphatic heterocycles. The lowest BCUT2D eigenvalue weighted by Crippen LogP contribution is -2.30. The summed E-state index contributed by atoms with van der Waals surface area (Å²) < 4.78 is 0. The molecule has 0 bridgehead atoms. The average Bonchev–Trinajstić information content (AvgIpc) is 2.39. The van der Waals surface area contributed by atoms with Crippen LogP contribution in [0.3, 0.4) is 0 Å². The van der Waals surface area contributed by atoms with Crippen LogP contribution in [-0.2, 0) is 6.42 Å². The molecule has 1 atom stereocenters. The molecule has 0 amide bonds. The van der Waals surface area contributed by atoms with E-state index in [2.05, 4.69) is 43.5 Å². The van der Waals surface area contributed by atoms with Crippen molar-refractivity contribution >= 4 is 11.6 Å². The zero-order valence-electron chi connectivity index (χ0n) is 11.3. The van der Waals surface area contributed by atoms with Gasteiger partial charge in [0, 0.05) is 5.02 Å². The lowest BCUT2D eigenvalue weighted by Gasteiger charge is -2.19. The second-order valence-corrected chi connectivity index (χ2v) is 5.35. The van der Waals surface area contributed by atoms with Gasteiger partial charge in [-0.05, 0) is 49.1 Å². The number of nitrogens with one attached hydrogen (secondary N) is 1. The molecule has 0 saturated carbocycles. The van der Waals surface area contributed by atoms with Crippen molar-refractivity contribution in [2.24, 2.45) is 5.84 Å². The van der Waals surface area contributed by atoms with Gasteiger partial charge in [-0.3, -0.25) is 11.3 Å². The van der Waals surface area contributed by atoms with E-state index < -0.39 is 0 Å². The fourth-order valence-corrected chi connectivity index (χ4v) is 2.51. The van der Waals surface area contributed by atoms with Gasteiger partial charge in [0.2, 0.25) is 0 Å². The van der Waals surface area contributed by atoms with Gasteiger partial charge in [-0.15, -0.1) is 0 Å². The Labute approximate surface area is 119 Å². The van der Waals surface area contributed by atoms with E-state index in [0.717, 1.165) is 11.4 Å². The number of hydrogen-bond acceptors (Lipinski definition) is 2. The fourth-order valence-electron chi connectivity index (χ4n) is 2.29. The fraction of sp³-hybridized carbons (Fsp3) is 0.250. The lowest BCUT2D eigenvalue weighted by atomic mass is 9.94. The molecule has 3 N–H and O–H groups in total. The Morgan fingerprint density at radius 1 is 1.16 bits per heavy atom. The minimum atomic E-state index is 0.0957. The molecular weight excluding hydrogens is 256 g/mol. The van der Waals surface area contributed by atoms with E-state index in [-0.39, 0.29) is 6.04 Å². The van der Waals surface area contributed by atoms with E-state index in [0.29, 0.717) is 0 Å². The number of hydrazine groups is 1. The van der Waals surface area contributed by atoms with Crippen LogP contribution in [0, 0.1) is 13.8 Å². The van der Waals surface area contributed by atoms with Crippen molar-refractivity contribution in [2.45, 2.75) is 26.3 Å². The van der Waals surface area contributed by atoms with Crippen molar-refractivity contribution < 1.29 is 0 Å². The van der Waals surface area contributed by atoms with Crippen LogP contribution in [-0.4, -0.2) is 0 Å². The zero-order chi connectivity index (χ0) is 13.8. The minimum Gasteiger partial charge on any atom is -0.271 e. The van der Waals surface area contributed by atoms with E-state index in [1.165, 1.54) is 22.3 Å². The van der Waals surface area contributed by atoms with Crippen LogP contribution in [0.1, 0.15) is 28.3 Å². The highest BCUT2D eigenvalue weighted by Gasteiger charge is 2.13. The number of halogens is 1. The molecule has 3 heteroatoms. The normalized spacial score (nSPS) is 12.4. The monoisotopic (exact) mass is 274 g/mol. The maximum Gasteiger partial charge on any atom is 0.0503 e. The molecule has 0 aliphatic rings. The van der Waals surface area contributed by atoms with Crippen LogP contribution in [0.5, 0.6) is 0 Å². The first-order chi connectivity index (χ1) is 9.10. The second-order valence-electron chi connectivity index (χ2n) is 4.91. The van der Waals surface area contributed by atoms with E-state index in [1.807, 2.05) is 18.2 Å². The van der Waals surface area contributed by atoms with Crippen LogP contribution >= 0.6 is 11.6 Å². The molecule has 0 radical (unpaired) electrons. The number of benzene rings is 2. The van der Waals surface area contributed by atoms with Crippen LogP contribution in [0.25, 0.3) is 0 Å². The Morgan fingerprint density at radius 2 is 1.95 bits per heavy atom. The predicted molar refractivity (Wildman–Crippen MR) is 81.1 cm³/mol. The molecule has 2 aromatic carbocycles. The highest BCUT2D eigenvalue weighted by atomic mass is 35.5. The Hall–Kier alpha value is -1.35. The van der Waals surface area contributed by atoms with Crippen molar-refractivity contribution in [3.8, 4) is 0 Å². The Bertz CT molecular complexity index is 566. The molecule has 100 valence electrons. The van der Waals surface area contributed by atoms with Crippen molar-refractivity contribution in [3.05, 3.63) is 69.7 Å². The summed E-state index contributed by atoms with van der Waals surface area (Å²) in [4.78, 5) is 0. The van der Waals surface area contributed by atoms with E-state index in [9.17, 15) is 0 Å². The molecule has 0 spiro atoms. The molecule has 0 aromatic heterocycles. The van der Waals surface area contributed by atoms with Gasteiger partial charge in [0.05, 0.1) is 6.04 Å². The molecule has 2 nitrogen and oxygen atoms in total. The maximum absolute atomic E-state index is 6.02. The van der Waals surface area contributed by atoms with Gasteiger partial charge in [-0.1, -0.05) is 47.5 Å². The van der Waals surface area contributed by atoms with E-state index in [1.54, 1.807) is 0 Å². The molecule has 2 rings (SSSR count). The zero-order valence-corrected chi connectivity index (χ0v) is 12.0. The highest BCUT2D eigenvalue weighted by molar-refractivity contribution is 6.30. The standard InChI is InChI=1S/C16H19ClN2/c1-11-6-7-12(2)15(8-11)16(19-18)10-13-4-3-5-14(17)9-13/h3-9,16,19H,10,18H2,1-2H3. The smallest absolute Gasteiger partial charge is 0.0503 e. The van der Waals surface area contributed by atoms with Gasteiger partial charge in [0.25, 0.3) is 0 Å². The summed E-state index contributed by atoms with van der Waals surface area (Å²) in [5, 5.41) is 0.759. The number of aryl methyl sites for hydroxylation is 2. The molecule has 19 heavy (non-hydrogen) atoms. The SMILES string of the molecule is Cc1ccc(C)c(C(Cc2cccc(Cl)c2)NN)c1. The van der Waals surface area contributed by atoms with Gasteiger partial charge in [-0.2, -0.15) is 0 Å². The van der Waals surface area contributed by atoms with Crippen molar-refractivity contribution in [1.29, 1.82) is 0 Å². The van der Waals surface area contributed by atoms with Crippen molar-refractivity contribution in [3.63, 3.8) is 0 Å². The topological polar surface area (TPSA) is 38.0 Å². The molecule has 0 fully saturated rings. The van der Waals surface area contributed by atoms with Gasteiger partial charge in [0.1, 0.15) is 0 Å². The third-order valence-electron chi connectivity index (χ3n) is 3.34. The summed E-state index contributed by atoms with van der Waals surface area (Å²) in [6.07, 6.45) is 0.821. The van der Waals surface area contributed by atoms with Gasteiger partial charge in [0.15, 0.2) is 0 Å². The minimum absolute atomic E-state index is 0.0957. The Kier molecular flexibility index (Phi) is 4.59. The first-order valence-corrected chi connectivity index (χ1v) is 6.75. The van der Waals surface area contributed by atoms with Crippen LogP contribution in [0.2, 0.25) is 5.02 Å². The molecular formula is C16H19ClN2. The third-order valence-corrected chi connectivity index (χ3v) is 3.58. The summed E-state index contributed by atoms with van der Waals surface area (Å²) in [6, 6.07) is 14.4. The molecule has 0 heterocycles. The van der Waals surface area contributed by atoms with Crippen molar-refractivity contribution in [2.75, 3.05) is 0 Å². The summed E-state index contributed by atoms with van der Waals surface area (Å²) in [5.74, 6) is 5.73. The molecule has 0 aliphatic carbocycles. The molecule has 1 unspecified atom stereocenters. The van der Waals surface area contributed by atoms with E-state index >= 15 is 0 Å². The summed E-state index contributed by atoms with van der Waals surface area (Å²) in [6.45, 7) is 4.20. The Balaban J connectivity index is 2.27. The predicted octanol–water partition coefficient (Wildman–Crippen LogP) is 3.70. The average molecular weight is 275 g/mol. The summed E-state index contributed by atoms with van der Waals surface area (Å²) in [7, 11) is 0. The second kappa shape index (κ2) is 6.20. The largest absolute Gasteiger partial charge is 0.271 e. The number of hydrogen-bond donors (Lipinski definition) is 2. The third kappa shape index (κ3) is 3.57. The van der Waals surface area contributed by atoms with Gasteiger partial charge in [-0.25, -0.2) is 0 Å². The summed E-state index contributed by atoms with van der Waals surface area (Å²) >= 11 is 6.02. The van der Waals surface area contributed by atoms with Crippen LogP contribution < -0.4 is 11.3 Å². The highest BCUT2D eigenvalue weighted by Crippen LogP contribution is 2.23. The van der Waals surface area contributed by atoms with E-state index in [4.69, 9.17) is 17.4 Å². The summed E-state index contributed by atoms with van der Waals surface area (Å²) in [5.41, 5.74) is 7.82. The van der Waals surface area contributed by atoms with Crippen LogP contribution in [0.4, 0.5) is 0 Å². The molecule has 2 aromatic rings. The van der Waals surface area contributed by atoms with Gasteiger partial charge < -0.3 is 0 Å². The van der Waals surface area contributed by atoms with Crippen LogP contribution in [0.15, 0.2) is 42.5 Å². The quantitative estimate of drug-likeness (QED) is 0.659. The Morgan fingerprint density at radius 3 is 2.63 bits per heavy atom.